The van der Waals surface area contributed by atoms with E-state index in [1.807, 2.05) is 24.3 Å². The number of phenols is 1. The molecule has 2 amide bonds. The van der Waals surface area contributed by atoms with Crippen molar-refractivity contribution in [3.8, 4) is 5.75 Å². The molecule has 0 bridgehead atoms. The van der Waals surface area contributed by atoms with Crippen LogP contribution in [0.25, 0.3) is 6.08 Å². The molecule has 3 rings (SSSR count). The Bertz CT molecular complexity index is 974. The average molecular weight is 433 g/mol. The van der Waals surface area contributed by atoms with Crippen LogP contribution in [0.5, 0.6) is 5.75 Å². The third kappa shape index (κ3) is 4.73. The molecule has 1 fully saturated rings. The summed E-state index contributed by atoms with van der Waals surface area (Å²) < 4.78 is 0.312. The van der Waals surface area contributed by atoms with Gasteiger partial charge >= 0.3 is 0 Å². The van der Waals surface area contributed by atoms with Crippen LogP contribution in [0.2, 0.25) is 5.02 Å². The minimum absolute atomic E-state index is 0.112. The SMILES string of the molecule is CCc1ccc(/C=C2/SC(=S)N(CC(=O)Nc3cc(Cl)ccc3O)C2=O)cc1. The summed E-state index contributed by atoms with van der Waals surface area (Å²) in [6.45, 7) is 1.83. The Balaban J connectivity index is 1.70. The van der Waals surface area contributed by atoms with Crippen LogP contribution < -0.4 is 5.32 Å². The Morgan fingerprint density at radius 3 is 2.68 bits per heavy atom. The smallest absolute Gasteiger partial charge is 0.266 e. The Morgan fingerprint density at radius 1 is 1.29 bits per heavy atom. The highest BCUT2D eigenvalue weighted by Gasteiger charge is 2.33. The molecule has 2 aromatic rings. The zero-order chi connectivity index (χ0) is 20.3. The van der Waals surface area contributed by atoms with E-state index in [0.717, 1.165) is 23.7 Å². The summed E-state index contributed by atoms with van der Waals surface area (Å²) in [5.41, 5.74) is 2.28. The number of halogens is 1. The summed E-state index contributed by atoms with van der Waals surface area (Å²) in [6.07, 6.45) is 2.71. The van der Waals surface area contributed by atoms with Gasteiger partial charge in [-0.25, -0.2) is 0 Å². The molecular weight excluding hydrogens is 416 g/mol. The molecule has 0 spiro atoms. The highest BCUT2D eigenvalue weighted by Crippen LogP contribution is 2.33. The number of thioether (sulfide) groups is 1. The standard InChI is InChI=1S/C20H17ClN2O3S2/c1-2-12-3-5-13(6-4-12)9-17-19(26)23(20(27)28-17)11-18(25)22-15-10-14(21)7-8-16(15)24/h3-10,24H,2,11H2,1H3,(H,22,25)/b17-9+. The van der Waals surface area contributed by atoms with Crippen molar-refractivity contribution in [2.45, 2.75) is 13.3 Å². The van der Waals surface area contributed by atoms with E-state index in [0.29, 0.717) is 14.2 Å². The van der Waals surface area contributed by atoms with Gasteiger partial charge in [0.15, 0.2) is 0 Å². The maximum atomic E-state index is 12.7. The fourth-order valence-corrected chi connectivity index (χ4v) is 4.01. The molecule has 2 N–H and O–H groups in total. The Morgan fingerprint density at radius 2 is 2.00 bits per heavy atom. The molecule has 1 aliphatic heterocycles. The maximum Gasteiger partial charge on any atom is 0.266 e. The Hall–Kier alpha value is -2.35. The van der Waals surface area contributed by atoms with Gasteiger partial charge in [0.05, 0.1) is 10.6 Å². The van der Waals surface area contributed by atoms with Gasteiger partial charge in [0.1, 0.15) is 16.6 Å². The lowest BCUT2D eigenvalue weighted by Gasteiger charge is -2.14. The fourth-order valence-electron chi connectivity index (χ4n) is 2.58. The van der Waals surface area contributed by atoms with E-state index in [-0.39, 0.29) is 23.9 Å². The minimum atomic E-state index is -0.484. The number of anilines is 1. The molecule has 1 aliphatic rings. The predicted molar refractivity (Wildman–Crippen MR) is 117 cm³/mol. The van der Waals surface area contributed by atoms with Crippen molar-refractivity contribution in [1.82, 2.24) is 4.90 Å². The van der Waals surface area contributed by atoms with Gasteiger partial charge in [0.25, 0.3) is 5.91 Å². The Labute approximate surface area is 177 Å². The quantitative estimate of drug-likeness (QED) is 0.415. The third-order valence-electron chi connectivity index (χ3n) is 4.09. The highest BCUT2D eigenvalue weighted by atomic mass is 35.5. The second-order valence-corrected chi connectivity index (χ2v) is 8.18. The Kier molecular flexibility index (Phi) is 6.39. The van der Waals surface area contributed by atoms with Gasteiger partial charge in [-0.1, -0.05) is 66.8 Å². The number of thiocarbonyl (C=S) groups is 1. The normalized spacial score (nSPS) is 15.4. The van der Waals surface area contributed by atoms with Gasteiger partial charge < -0.3 is 10.4 Å². The zero-order valence-electron chi connectivity index (χ0n) is 14.9. The lowest BCUT2D eigenvalue weighted by atomic mass is 10.1. The number of amides is 2. The molecule has 8 heteroatoms. The van der Waals surface area contributed by atoms with Crippen molar-refractivity contribution >= 4 is 63.5 Å². The molecule has 0 saturated carbocycles. The third-order valence-corrected chi connectivity index (χ3v) is 5.71. The van der Waals surface area contributed by atoms with Crippen molar-refractivity contribution in [2.24, 2.45) is 0 Å². The number of aryl methyl sites for hydroxylation is 1. The van der Waals surface area contributed by atoms with Crippen molar-refractivity contribution < 1.29 is 14.7 Å². The summed E-state index contributed by atoms with van der Waals surface area (Å²) in [5.74, 6) is -0.916. The van der Waals surface area contributed by atoms with Crippen LogP contribution in [0.3, 0.4) is 0 Å². The molecular formula is C20H17ClN2O3S2. The van der Waals surface area contributed by atoms with Crippen molar-refractivity contribution in [1.29, 1.82) is 0 Å². The molecule has 0 radical (unpaired) electrons. The zero-order valence-corrected chi connectivity index (χ0v) is 17.3. The lowest BCUT2D eigenvalue weighted by molar-refractivity contribution is -0.126. The summed E-state index contributed by atoms with van der Waals surface area (Å²) >= 11 is 12.3. The van der Waals surface area contributed by atoms with Crippen LogP contribution in [-0.2, 0) is 16.0 Å². The molecule has 0 aliphatic carbocycles. The maximum absolute atomic E-state index is 12.7. The molecule has 28 heavy (non-hydrogen) atoms. The van der Waals surface area contributed by atoms with Crippen LogP contribution in [0.1, 0.15) is 18.1 Å². The van der Waals surface area contributed by atoms with E-state index in [9.17, 15) is 14.7 Å². The summed E-state index contributed by atoms with van der Waals surface area (Å²) in [6, 6.07) is 12.2. The van der Waals surface area contributed by atoms with Gasteiger partial charge in [-0.3, -0.25) is 14.5 Å². The van der Waals surface area contributed by atoms with E-state index in [4.69, 9.17) is 23.8 Å². The summed E-state index contributed by atoms with van der Waals surface area (Å²) in [7, 11) is 0. The molecule has 1 heterocycles. The first-order valence-corrected chi connectivity index (χ1v) is 10.1. The van der Waals surface area contributed by atoms with Gasteiger partial charge in [-0.05, 0) is 41.8 Å². The second kappa shape index (κ2) is 8.77. The molecule has 2 aromatic carbocycles. The monoisotopic (exact) mass is 432 g/mol. The summed E-state index contributed by atoms with van der Waals surface area (Å²) in [4.78, 5) is 26.7. The van der Waals surface area contributed by atoms with Crippen molar-refractivity contribution in [2.75, 3.05) is 11.9 Å². The number of aromatic hydroxyl groups is 1. The van der Waals surface area contributed by atoms with E-state index < -0.39 is 5.91 Å². The number of carbonyl (C=O) groups is 2. The van der Waals surface area contributed by atoms with Gasteiger partial charge in [0.2, 0.25) is 5.91 Å². The van der Waals surface area contributed by atoms with Gasteiger partial charge in [0, 0.05) is 5.02 Å². The van der Waals surface area contributed by atoms with Gasteiger partial charge in [-0.2, -0.15) is 0 Å². The van der Waals surface area contributed by atoms with Crippen LogP contribution in [0, 0.1) is 0 Å². The number of carbonyl (C=O) groups excluding carboxylic acids is 2. The van der Waals surface area contributed by atoms with Crippen molar-refractivity contribution in [3.05, 3.63) is 63.5 Å². The molecule has 1 saturated heterocycles. The van der Waals surface area contributed by atoms with E-state index in [2.05, 4.69) is 12.2 Å². The largest absolute Gasteiger partial charge is 0.506 e. The number of benzene rings is 2. The van der Waals surface area contributed by atoms with Crippen LogP contribution in [0.15, 0.2) is 47.4 Å². The van der Waals surface area contributed by atoms with E-state index in [1.165, 1.54) is 28.7 Å². The second-order valence-electron chi connectivity index (χ2n) is 6.07. The first-order valence-electron chi connectivity index (χ1n) is 8.50. The average Bonchev–Trinajstić information content (AvgIpc) is 2.92. The first-order chi connectivity index (χ1) is 13.4. The number of rotatable bonds is 5. The van der Waals surface area contributed by atoms with Crippen LogP contribution >= 0.6 is 35.6 Å². The van der Waals surface area contributed by atoms with Crippen molar-refractivity contribution in [3.63, 3.8) is 0 Å². The van der Waals surface area contributed by atoms with E-state index in [1.54, 1.807) is 6.08 Å². The van der Waals surface area contributed by atoms with Crippen LogP contribution in [-0.4, -0.2) is 32.7 Å². The number of phenolic OH excluding ortho intramolecular Hbond substituents is 1. The molecule has 5 nitrogen and oxygen atoms in total. The van der Waals surface area contributed by atoms with Gasteiger partial charge in [-0.15, -0.1) is 0 Å². The minimum Gasteiger partial charge on any atom is -0.506 e. The lowest BCUT2D eigenvalue weighted by Crippen LogP contribution is -2.36. The molecule has 0 unspecified atom stereocenters. The van der Waals surface area contributed by atoms with Crippen LogP contribution in [0.4, 0.5) is 5.69 Å². The first kappa shape index (κ1) is 20.4. The number of nitrogens with zero attached hydrogens (tertiary/aromatic N) is 1. The molecule has 0 aromatic heterocycles. The highest BCUT2D eigenvalue weighted by molar-refractivity contribution is 8.26. The number of hydrogen-bond donors (Lipinski definition) is 2. The predicted octanol–water partition coefficient (Wildman–Crippen LogP) is 4.45. The molecule has 0 atom stereocenters. The molecule has 144 valence electrons. The fraction of sp³-hybridized carbons (Fsp3) is 0.150. The van der Waals surface area contributed by atoms with E-state index >= 15 is 0 Å². The summed E-state index contributed by atoms with van der Waals surface area (Å²) in [5, 5.41) is 12.7. The number of nitrogens with one attached hydrogen (secondary N) is 1. The number of hydrogen-bond acceptors (Lipinski definition) is 5. The topological polar surface area (TPSA) is 69.6 Å².